The molecule has 0 radical (unpaired) electrons. The Labute approximate surface area is 125 Å². The third kappa shape index (κ3) is 3.39. The van der Waals surface area contributed by atoms with Gasteiger partial charge in [-0.05, 0) is 13.3 Å². The number of aryl methyl sites for hydroxylation is 1. The molecule has 0 saturated heterocycles. The molecule has 112 valence electrons. The standard InChI is InChI=1S/C15H22N6/c1-3-4-16-13-9-12(2)18-14(19-13)10-20-7-8-21-6-5-17-15(21)11-20/h5-6,9H,3-4,7-8,10-11H2,1-2H3,(H,16,18,19). The van der Waals surface area contributed by atoms with Crippen LogP contribution in [0.1, 0.15) is 30.7 Å². The van der Waals surface area contributed by atoms with Gasteiger partial charge in [-0.15, -0.1) is 0 Å². The molecule has 2 aromatic rings. The van der Waals surface area contributed by atoms with Crippen molar-refractivity contribution < 1.29 is 0 Å². The van der Waals surface area contributed by atoms with Crippen LogP contribution in [0.25, 0.3) is 0 Å². The first-order valence-electron chi connectivity index (χ1n) is 7.55. The number of anilines is 1. The monoisotopic (exact) mass is 286 g/mol. The van der Waals surface area contributed by atoms with Crippen LogP contribution in [-0.2, 0) is 19.6 Å². The van der Waals surface area contributed by atoms with E-state index in [4.69, 9.17) is 0 Å². The Morgan fingerprint density at radius 2 is 2.19 bits per heavy atom. The van der Waals surface area contributed by atoms with Gasteiger partial charge in [-0.25, -0.2) is 15.0 Å². The number of rotatable bonds is 5. The zero-order valence-corrected chi connectivity index (χ0v) is 12.7. The average molecular weight is 286 g/mol. The van der Waals surface area contributed by atoms with Gasteiger partial charge in [0, 0.05) is 43.8 Å². The Balaban J connectivity index is 1.69. The van der Waals surface area contributed by atoms with E-state index in [9.17, 15) is 0 Å². The molecule has 1 N–H and O–H groups in total. The van der Waals surface area contributed by atoms with Gasteiger partial charge >= 0.3 is 0 Å². The number of hydrogen-bond acceptors (Lipinski definition) is 5. The Bertz CT molecular complexity index is 606. The van der Waals surface area contributed by atoms with Gasteiger partial charge in [-0.2, -0.15) is 0 Å². The fourth-order valence-corrected chi connectivity index (χ4v) is 2.60. The number of aromatic nitrogens is 4. The Morgan fingerprint density at radius 3 is 3.05 bits per heavy atom. The van der Waals surface area contributed by atoms with E-state index in [1.54, 1.807) is 0 Å². The van der Waals surface area contributed by atoms with Crippen LogP contribution in [0.2, 0.25) is 0 Å². The minimum absolute atomic E-state index is 0.773. The van der Waals surface area contributed by atoms with Gasteiger partial charge in [0.1, 0.15) is 17.5 Å². The molecule has 3 heterocycles. The highest BCUT2D eigenvalue weighted by atomic mass is 15.2. The molecule has 6 nitrogen and oxygen atoms in total. The van der Waals surface area contributed by atoms with E-state index >= 15 is 0 Å². The molecule has 2 aromatic heterocycles. The smallest absolute Gasteiger partial charge is 0.144 e. The summed E-state index contributed by atoms with van der Waals surface area (Å²) in [5.41, 5.74) is 1.01. The number of imidazole rings is 1. The molecular weight excluding hydrogens is 264 g/mol. The first-order valence-corrected chi connectivity index (χ1v) is 7.55. The third-order valence-corrected chi connectivity index (χ3v) is 3.65. The van der Waals surface area contributed by atoms with Crippen LogP contribution in [0.3, 0.4) is 0 Å². The van der Waals surface area contributed by atoms with E-state index in [0.29, 0.717) is 0 Å². The largest absolute Gasteiger partial charge is 0.370 e. The Hall–Kier alpha value is -1.95. The summed E-state index contributed by atoms with van der Waals surface area (Å²) in [4.78, 5) is 15.9. The van der Waals surface area contributed by atoms with Gasteiger partial charge < -0.3 is 9.88 Å². The SMILES string of the molecule is CCCNc1cc(C)nc(CN2CCn3ccnc3C2)n1. The fourth-order valence-electron chi connectivity index (χ4n) is 2.60. The van der Waals surface area contributed by atoms with Crippen LogP contribution in [-0.4, -0.2) is 37.5 Å². The van der Waals surface area contributed by atoms with Crippen molar-refractivity contribution in [2.24, 2.45) is 0 Å². The third-order valence-electron chi connectivity index (χ3n) is 3.65. The number of nitrogens with zero attached hydrogens (tertiary/aromatic N) is 5. The van der Waals surface area contributed by atoms with Crippen molar-refractivity contribution >= 4 is 5.82 Å². The molecule has 1 aliphatic heterocycles. The second-order valence-electron chi connectivity index (χ2n) is 5.49. The highest BCUT2D eigenvalue weighted by molar-refractivity contribution is 5.35. The summed E-state index contributed by atoms with van der Waals surface area (Å²) in [6.45, 7) is 8.75. The van der Waals surface area contributed by atoms with Crippen molar-refractivity contribution in [1.82, 2.24) is 24.4 Å². The number of fused-ring (bicyclic) bond motifs is 1. The maximum Gasteiger partial charge on any atom is 0.144 e. The van der Waals surface area contributed by atoms with E-state index < -0.39 is 0 Å². The fraction of sp³-hybridized carbons (Fsp3) is 0.533. The summed E-state index contributed by atoms with van der Waals surface area (Å²) < 4.78 is 2.21. The average Bonchev–Trinajstić information content (AvgIpc) is 2.92. The van der Waals surface area contributed by atoms with Crippen molar-refractivity contribution in [1.29, 1.82) is 0 Å². The van der Waals surface area contributed by atoms with Gasteiger partial charge in [-0.3, -0.25) is 4.90 Å². The lowest BCUT2D eigenvalue weighted by Gasteiger charge is -2.26. The number of nitrogens with one attached hydrogen (secondary N) is 1. The molecule has 0 fully saturated rings. The Morgan fingerprint density at radius 1 is 1.29 bits per heavy atom. The van der Waals surface area contributed by atoms with Crippen LogP contribution < -0.4 is 5.32 Å². The van der Waals surface area contributed by atoms with E-state index in [0.717, 1.165) is 62.3 Å². The maximum atomic E-state index is 4.62. The predicted octanol–water partition coefficient (Wildman–Crippen LogP) is 1.82. The molecule has 1 aliphatic rings. The van der Waals surface area contributed by atoms with E-state index in [-0.39, 0.29) is 0 Å². The van der Waals surface area contributed by atoms with Crippen LogP contribution >= 0.6 is 0 Å². The molecule has 0 spiro atoms. The van der Waals surface area contributed by atoms with Gasteiger partial charge in [0.15, 0.2) is 0 Å². The van der Waals surface area contributed by atoms with Crippen LogP contribution in [0.4, 0.5) is 5.82 Å². The summed E-state index contributed by atoms with van der Waals surface area (Å²) in [6.07, 6.45) is 5.00. The zero-order chi connectivity index (χ0) is 14.7. The normalized spacial score (nSPS) is 15.0. The van der Waals surface area contributed by atoms with Crippen molar-refractivity contribution in [3.05, 3.63) is 35.8 Å². The first-order chi connectivity index (χ1) is 10.2. The van der Waals surface area contributed by atoms with Crippen molar-refractivity contribution in [2.45, 2.75) is 39.9 Å². The molecule has 0 amide bonds. The summed E-state index contributed by atoms with van der Waals surface area (Å²) in [7, 11) is 0. The lowest BCUT2D eigenvalue weighted by Crippen LogP contribution is -2.33. The highest BCUT2D eigenvalue weighted by Crippen LogP contribution is 2.14. The topological polar surface area (TPSA) is 58.9 Å². The first kappa shape index (κ1) is 14.0. The van der Waals surface area contributed by atoms with Crippen LogP contribution in [0.15, 0.2) is 18.5 Å². The molecule has 21 heavy (non-hydrogen) atoms. The summed E-state index contributed by atoms with van der Waals surface area (Å²) in [6, 6.07) is 2.00. The molecule has 6 heteroatoms. The Kier molecular flexibility index (Phi) is 4.15. The maximum absolute atomic E-state index is 4.62. The molecule has 0 saturated carbocycles. The second kappa shape index (κ2) is 6.22. The van der Waals surface area contributed by atoms with Crippen molar-refractivity contribution in [2.75, 3.05) is 18.4 Å². The molecule has 3 rings (SSSR count). The quantitative estimate of drug-likeness (QED) is 0.908. The van der Waals surface area contributed by atoms with Gasteiger partial charge in [-0.1, -0.05) is 6.92 Å². The lowest BCUT2D eigenvalue weighted by atomic mass is 10.3. The van der Waals surface area contributed by atoms with Crippen LogP contribution in [0.5, 0.6) is 0 Å². The van der Waals surface area contributed by atoms with Gasteiger partial charge in [0.05, 0.1) is 13.1 Å². The van der Waals surface area contributed by atoms with Gasteiger partial charge in [0.2, 0.25) is 0 Å². The second-order valence-corrected chi connectivity index (χ2v) is 5.49. The highest BCUT2D eigenvalue weighted by Gasteiger charge is 2.17. The molecule has 0 bridgehead atoms. The van der Waals surface area contributed by atoms with Crippen molar-refractivity contribution in [3.63, 3.8) is 0 Å². The summed E-state index contributed by atoms with van der Waals surface area (Å²) >= 11 is 0. The minimum atomic E-state index is 0.773. The molecule has 0 aliphatic carbocycles. The van der Waals surface area contributed by atoms with E-state index in [1.165, 1.54) is 0 Å². The molecule has 0 unspecified atom stereocenters. The molecule has 0 atom stereocenters. The lowest BCUT2D eigenvalue weighted by molar-refractivity contribution is 0.204. The van der Waals surface area contributed by atoms with Crippen molar-refractivity contribution in [3.8, 4) is 0 Å². The van der Waals surface area contributed by atoms with Gasteiger partial charge in [0.25, 0.3) is 0 Å². The van der Waals surface area contributed by atoms with E-state index in [1.807, 2.05) is 25.4 Å². The molecule has 0 aromatic carbocycles. The molecular formula is C15H22N6. The summed E-state index contributed by atoms with van der Waals surface area (Å²) in [5.74, 6) is 2.93. The van der Waals surface area contributed by atoms with Crippen LogP contribution in [0, 0.1) is 6.92 Å². The zero-order valence-electron chi connectivity index (χ0n) is 12.7. The van der Waals surface area contributed by atoms with E-state index in [2.05, 4.69) is 36.7 Å². The number of hydrogen-bond donors (Lipinski definition) is 1. The predicted molar refractivity (Wildman–Crippen MR) is 81.9 cm³/mol. The summed E-state index contributed by atoms with van der Waals surface area (Å²) in [5, 5.41) is 3.34. The minimum Gasteiger partial charge on any atom is -0.370 e.